The second-order valence-corrected chi connectivity index (χ2v) is 8.13. The van der Waals surface area contributed by atoms with Crippen LogP contribution in [0.5, 0.6) is 0 Å². The number of halogens is 1. The molecule has 3 aromatic heterocycles. The van der Waals surface area contributed by atoms with Crippen molar-refractivity contribution in [3.05, 3.63) is 90.9 Å². The topological polar surface area (TPSA) is 116 Å². The van der Waals surface area contributed by atoms with Gasteiger partial charge in [0.2, 0.25) is 11.4 Å². The van der Waals surface area contributed by atoms with Gasteiger partial charge in [0, 0.05) is 11.0 Å². The maximum Gasteiger partial charge on any atom is 0.266 e. The molecule has 0 spiro atoms. The van der Waals surface area contributed by atoms with Crippen LogP contribution in [0.4, 0.5) is 5.95 Å². The lowest BCUT2D eigenvalue weighted by Gasteiger charge is -2.11. The molecule has 5 rings (SSSR count). The third kappa shape index (κ3) is 3.31. The minimum absolute atomic E-state index is 0.0103. The maximum atomic E-state index is 13.3. The van der Waals surface area contributed by atoms with Gasteiger partial charge in [0.05, 0.1) is 22.6 Å². The zero-order valence-electron chi connectivity index (χ0n) is 16.6. The summed E-state index contributed by atoms with van der Waals surface area (Å²) < 4.78 is 2.03. The molecular weight excluding hydrogens is 472 g/mol. The molecule has 2 N–H and O–H groups in total. The van der Waals surface area contributed by atoms with Crippen LogP contribution in [-0.2, 0) is 6.42 Å². The molecule has 5 aromatic rings. The number of nitriles is 1. The zero-order chi connectivity index (χ0) is 22.2. The van der Waals surface area contributed by atoms with Gasteiger partial charge < -0.3 is 10.3 Å². The third-order valence-corrected chi connectivity index (χ3v) is 5.73. The summed E-state index contributed by atoms with van der Waals surface area (Å²) in [6, 6.07) is 17.0. The lowest BCUT2D eigenvalue weighted by atomic mass is 10.1. The van der Waals surface area contributed by atoms with E-state index in [0.29, 0.717) is 17.4 Å². The van der Waals surface area contributed by atoms with Crippen LogP contribution in [0.15, 0.2) is 68.8 Å². The summed E-state index contributed by atoms with van der Waals surface area (Å²) in [6.45, 7) is 0.564. The molecule has 0 fully saturated rings. The average molecular weight is 487 g/mol. The first-order chi connectivity index (χ1) is 15.6. The molecule has 9 heteroatoms. The monoisotopic (exact) mass is 486 g/mol. The Balaban J connectivity index is 1.67. The van der Waals surface area contributed by atoms with Gasteiger partial charge in [-0.1, -0.05) is 46.3 Å². The van der Waals surface area contributed by atoms with E-state index in [9.17, 15) is 14.9 Å². The van der Waals surface area contributed by atoms with Gasteiger partial charge in [-0.05, 0) is 30.2 Å². The molecule has 0 aliphatic heterocycles. The SMILES string of the molecule is N#Cc1c(=O)c2nc(NCCc3ccccc3)ncc2n2c(=O)c3cc(Br)ccc3[nH]c12. The standard InChI is InChI=1S/C23H15BrN6O2/c24-14-6-7-17-15(10-14)22(32)30-18-12-27-23(26-9-8-13-4-2-1-3-5-13)29-19(18)20(31)16(11-25)21(30)28-17/h1-7,10,12,28H,8-9H2,(H,26,27,29). The molecule has 0 unspecified atom stereocenters. The number of H-pyrrole nitrogens is 1. The number of hydrogen-bond donors (Lipinski definition) is 2. The van der Waals surface area contributed by atoms with E-state index in [4.69, 9.17) is 0 Å². The Morgan fingerprint density at radius 2 is 1.97 bits per heavy atom. The Morgan fingerprint density at radius 1 is 1.16 bits per heavy atom. The number of anilines is 1. The Kier molecular flexibility index (Phi) is 4.92. The first kappa shape index (κ1) is 19.9. The van der Waals surface area contributed by atoms with Crippen molar-refractivity contribution < 1.29 is 0 Å². The van der Waals surface area contributed by atoms with Crippen molar-refractivity contribution in [1.82, 2.24) is 19.4 Å². The number of pyridine rings is 1. The smallest absolute Gasteiger partial charge is 0.266 e. The van der Waals surface area contributed by atoms with E-state index in [-0.39, 0.29) is 33.8 Å². The Labute approximate surface area is 189 Å². The zero-order valence-corrected chi connectivity index (χ0v) is 18.2. The predicted octanol–water partition coefficient (Wildman–Crippen LogP) is 3.37. The first-order valence-corrected chi connectivity index (χ1v) is 10.6. The van der Waals surface area contributed by atoms with E-state index in [0.717, 1.165) is 16.5 Å². The van der Waals surface area contributed by atoms with Gasteiger partial charge in [-0.15, -0.1) is 0 Å². The second kappa shape index (κ2) is 7.90. The van der Waals surface area contributed by atoms with Crippen molar-refractivity contribution in [2.45, 2.75) is 6.42 Å². The fourth-order valence-electron chi connectivity index (χ4n) is 3.70. The molecule has 0 aliphatic rings. The van der Waals surface area contributed by atoms with Crippen molar-refractivity contribution >= 4 is 49.5 Å². The number of nitrogens with zero attached hydrogens (tertiary/aromatic N) is 4. The summed E-state index contributed by atoms with van der Waals surface area (Å²) in [5, 5.41) is 13.2. The quantitative estimate of drug-likeness (QED) is 0.297. The van der Waals surface area contributed by atoms with E-state index in [2.05, 4.69) is 36.2 Å². The van der Waals surface area contributed by atoms with E-state index >= 15 is 0 Å². The van der Waals surface area contributed by atoms with Crippen molar-refractivity contribution in [3.63, 3.8) is 0 Å². The van der Waals surface area contributed by atoms with Crippen molar-refractivity contribution in [1.29, 1.82) is 5.26 Å². The van der Waals surface area contributed by atoms with Gasteiger partial charge >= 0.3 is 0 Å². The Morgan fingerprint density at radius 3 is 2.75 bits per heavy atom. The summed E-state index contributed by atoms with van der Waals surface area (Å²) in [5.74, 6) is 0.259. The fourth-order valence-corrected chi connectivity index (χ4v) is 4.06. The highest BCUT2D eigenvalue weighted by atomic mass is 79.9. The average Bonchev–Trinajstić information content (AvgIpc) is 2.81. The van der Waals surface area contributed by atoms with Gasteiger partial charge in [0.1, 0.15) is 22.8 Å². The third-order valence-electron chi connectivity index (χ3n) is 5.23. The molecule has 0 radical (unpaired) electrons. The van der Waals surface area contributed by atoms with Crippen LogP contribution >= 0.6 is 15.9 Å². The van der Waals surface area contributed by atoms with Gasteiger partial charge in [-0.2, -0.15) is 5.26 Å². The number of hydrogen-bond acceptors (Lipinski definition) is 6. The van der Waals surface area contributed by atoms with Crippen LogP contribution in [0.25, 0.3) is 27.6 Å². The number of benzene rings is 2. The van der Waals surface area contributed by atoms with Crippen LogP contribution < -0.4 is 16.3 Å². The minimum Gasteiger partial charge on any atom is -0.354 e. The summed E-state index contributed by atoms with van der Waals surface area (Å²) in [6.07, 6.45) is 2.19. The van der Waals surface area contributed by atoms with Gasteiger partial charge in [0.25, 0.3) is 5.56 Å². The normalized spacial score (nSPS) is 11.1. The lowest BCUT2D eigenvalue weighted by Crippen LogP contribution is -2.23. The summed E-state index contributed by atoms with van der Waals surface area (Å²) in [7, 11) is 0. The molecule has 156 valence electrons. The van der Waals surface area contributed by atoms with Crippen molar-refractivity contribution in [2.75, 3.05) is 11.9 Å². The van der Waals surface area contributed by atoms with Crippen molar-refractivity contribution in [2.24, 2.45) is 0 Å². The fraction of sp³-hybridized carbons (Fsp3) is 0.0870. The molecule has 0 amide bonds. The first-order valence-electron chi connectivity index (χ1n) is 9.82. The van der Waals surface area contributed by atoms with Gasteiger partial charge in [0.15, 0.2) is 0 Å². The largest absolute Gasteiger partial charge is 0.354 e. The molecule has 0 saturated carbocycles. The minimum atomic E-state index is -0.553. The second-order valence-electron chi connectivity index (χ2n) is 7.21. The van der Waals surface area contributed by atoms with Gasteiger partial charge in [-0.3, -0.25) is 14.0 Å². The Hall–Kier alpha value is -4.03. The van der Waals surface area contributed by atoms with Crippen LogP contribution in [0.2, 0.25) is 0 Å². The number of fused-ring (bicyclic) bond motifs is 4. The molecule has 8 nitrogen and oxygen atoms in total. The molecule has 0 atom stereocenters. The molecule has 32 heavy (non-hydrogen) atoms. The summed E-state index contributed by atoms with van der Waals surface area (Å²) in [5.41, 5.74) is 0.952. The van der Waals surface area contributed by atoms with E-state index in [1.54, 1.807) is 18.2 Å². The molecule has 3 heterocycles. The van der Waals surface area contributed by atoms with Crippen LogP contribution in [0.3, 0.4) is 0 Å². The lowest BCUT2D eigenvalue weighted by molar-refractivity contribution is 0.986. The van der Waals surface area contributed by atoms with Gasteiger partial charge in [-0.25, -0.2) is 9.97 Å². The van der Waals surface area contributed by atoms with E-state index in [1.165, 1.54) is 10.6 Å². The van der Waals surface area contributed by atoms with E-state index < -0.39 is 5.43 Å². The highest BCUT2D eigenvalue weighted by Crippen LogP contribution is 2.19. The van der Waals surface area contributed by atoms with Crippen molar-refractivity contribution in [3.8, 4) is 6.07 Å². The van der Waals surface area contributed by atoms with Crippen LogP contribution in [0, 0.1) is 11.3 Å². The van der Waals surface area contributed by atoms with Crippen LogP contribution in [-0.4, -0.2) is 25.9 Å². The number of nitrogens with one attached hydrogen (secondary N) is 2. The summed E-state index contributed by atoms with van der Waals surface area (Å²) in [4.78, 5) is 38.0. The molecule has 0 saturated heterocycles. The molecular formula is C23H15BrN6O2. The molecule has 0 bridgehead atoms. The Bertz CT molecular complexity index is 1670. The number of aromatic amines is 1. The number of rotatable bonds is 4. The molecule has 2 aromatic carbocycles. The predicted molar refractivity (Wildman–Crippen MR) is 126 cm³/mol. The highest BCUT2D eigenvalue weighted by Gasteiger charge is 2.18. The molecule has 0 aliphatic carbocycles. The highest BCUT2D eigenvalue weighted by molar-refractivity contribution is 9.10. The number of aromatic nitrogens is 4. The van der Waals surface area contributed by atoms with E-state index in [1.807, 2.05) is 36.4 Å². The van der Waals surface area contributed by atoms with Crippen LogP contribution in [0.1, 0.15) is 11.1 Å². The maximum absolute atomic E-state index is 13.3. The summed E-state index contributed by atoms with van der Waals surface area (Å²) >= 11 is 3.37.